The molecule has 4 aromatic rings. The SMILES string of the molecule is Cc1ccc2c(/N=C3\N/C(=N\c4c(OCCCN5CCCC5)nn5c(C)c(C)ccc45)C(N)=CC3=N)c(OCCCN3CCCC3)nn2c1C. The van der Waals surface area contributed by atoms with Crippen LogP contribution in [0.4, 0.5) is 11.4 Å². The fourth-order valence-corrected chi connectivity index (χ4v) is 6.88. The van der Waals surface area contributed by atoms with Gasteiger partial charge in [-0.25, -0.2) is 19.0 Å². The fraction of sp³-hybridized carbons (Fsp3) is 0.486. The molecule has 0 atom stereocenters. The number of amidine groups is 2. The van der Waals surface area contributed by atoms with E-state index in [1.54, 1.807) is 6.08 Å². The van der Waals surface area contributed by atoms with Crippen molar-refractivity contribution < 1.29 is 9.47 Å². The van der Waals surface area contributed by atoms with Gasteiger partial charge in [-0.15, -0.1) is 10.2 Å². The number of aromatic nitrogens is 4. The van der Waals surface area contributed by atoms with Crippen molar-refractivity contribution >= 4 is 39.8 Å². The average molecular weight is 680 g/mol. The highest BCUT2D eigenvalue weighted by molar-refractivity contribution is 6.50. The summed E-state index contributed by atoms with van der Waals surface area (Å²) < 4.78 is 16.3. The van der Waals surface area contributed by atoms with E-state index < -0.39 is 0 Å². The zero-order chi connectivity index (χ0) is 34.8. The Morgan fingerprint density at radius 2 is 1.18 bits per heavy atom. The number of hydrogen-bond donors (Lipinski definition) is 3. The topological polar surface area (TPSA) is 146 Å². The van der Waals surface area contributed by atoms with E-state index in [1.165, 1.54) is 25.7 Å². The van der Waals surface area contributed by atoms with Crippen LogP contribution in [0.3, 0.4) is 0 Å². The third-order valence-corrected chi connectivity index (χ3v) is 10.1. The lowest BCUT2D eigenvalue weighted by Crippen LogP contribution is -2.42. The minimum Gasteiger partial charge on any atom is -0.475 e. The van der Waals surface area contributed by atoms with Crippen LogP contribution in [0.2, 0.25) is 0 Å². The Bertz CT molecular complexity index is 1990. The molecule has 50 heavy (non-hydrogen) atoms. The summed E-state index contributed by atoms with van der Waals surface area (Å²) in [6.45, 7) is 15.9. The maximum Gasteiger partial charge on any atom is 0.260 e. The maximum absolute atomic E-state index is 8.82. The van der Waals surface area contributed by atoms with Crippen molar-refractivity contribution in [3.63, 3.8) is 0 Å². The molecule has 264 valence electrons. The van der Waals surface area contributed by atoms with Crippen molar-refractivity contribution in [2.75, 3.05) is 52.5 Å². The number of nitrogens with two attached hydrogens (primary N) is 1. The standard InChI is InChI=1S/C37H49N11O2/c1-24-11-13-30-32(36(43-47(30)26(24)3)49-21-9-19-45-15-5-6-16-45)40-34-28(38)23-29(39)35(42-34)41-33-31-14-12-25(2)27(4)48(31)44-37(33)50-22-10-20-46-17-7-8-18-46/h11-14,23,38H,5-10,15-22,39H2,1-4H3,(H,40,41,42). The van der Waals surface area contributed by atoms with Gasteiger partial charge in [0.2, 0.25) is 0 Å². The van der Waals surface area contributed by atoms with E-state index in [0.717, 1.165) is 85.7 Å². The van der Waals surface area contributed by atoms with E-state index in [-0.39, 0.29) is 5.71 Å². The molecule has 0 spiro atoms. The quantitative estimate of drug-likeness (QED) is 0.174. The number of nitrogens with zero attached hydrogens (tertiary/aromatic N) is 8. The average Bonchev–Trinajstić information content (AvgIpc) is 3.92. The van der Waals surface area contributed by atoms with E-state index in [1.807, 2.05) is 35.0 Å². The highest BCUT2D eigenvalue weighted by Crippen LogP contribution is 2.35. The first kappa shape index (κ1) is 33.7. The number of fused-ring (bicyclic) bond motifs is 2. The Morgan fingerprint density at radius 3 is 1.66 bits per heavy atom. The lowest BCUT2D eigenvalue weighted by Gasteiger charge is -2.18. The minimum atomic E-state index is 0.134. The molecule has 0 saturated carbocycles. The van der Waals surface area contributed by atoms with Gasteiger partial charge in [0, 0.05) is 24.5 Å². The summed E-state index contributed by atoms with van der Waals surface area (Å²) in [6.07, 6.45) is 8.43. The zero-order valence-electron chi connectivity index (χ0n) is 29.8. The highest BCUT2D eigenvalue weighted by atomic mass is 16.5. The highest BCUT2D eigenvalue weighted by Gasteiger charge is 2.24. The first-order valence-corrected chi connectivity index (χ1v) is 18.0. The molecule has 2 saturated heterocycles. The van der Waals surface area contributed by atoms with E-state index in [4.69, 9.17) is 40.8 Å². The summed E-state index contributed by atoms with van der Waals surface area (Å²) in [4.78, 5) is 14.9. The zero-order valence-corrected chi connectivity index (χ0v) is 29.8. The summed E-state index contributed by atoms with van der Waals surface area (Å²) in [5.41, 5.74) is 13.9. The van der Waals surface area contributed by atoms with E-state index in [0.29, 0.717) is 53.7 Å². The first-order valence-electron chi connectivity index (χ1n) is 18.0. The molecule has 7 rings (SSSR count). The number of hydrogen-bond acceptors (Lipinski definition) is 10. The molecule has 0 aromatic carbocycles. The molecule has 13 nitrogen and oxygen atoms in total. The Morgan fingerprint density at radius 1 is 0.720 bits per heavy atom. The summed E-state index contributed by atoms with van der Waals surface area (Å²) in [5, 5.41) is 21.7. The molecular formula is C37H49N11O2. The van der Waals surface area contributed by atoms with Gasteiger partial charge in [0.25, 0.3) is 11.8 Å². The molecule has 0 aliphatic carbocycles. The predicted octanol–water partition coefficient (Wildman–Crippen LogP) is 5.17. The summed E-state index contributed by atoms with van der Waals surface area (Å²) >= 11 is 0. The third kappa shape index (κ3) is 6.97. The van der Waals surface area contributed by atoms with Crippen LogP contribution in [-0.2, 0) is 0 Å². The molecule has 7 heterocycles. The molecular weight excluding hydrogens is 630 g/mol. The molecule has 2 fully saturated rings. The van der Waals surface area contributed by atoms with Gasteiger partial charge in [0.1, 0.15) is 0 Å². The first-order chi connectivity index (χ1) is 24.3. The smallest absolute Gasteiger partial charge is 0.260 e. The number of rotatable bonds is 12. The second-order valence-electron chi connectivity index (χ2n) is 13.7. The lowest BCUT2D eigenvalue weighted by molar-refractivity contribution is 0.257. The van der Waals surface area contributed by atoms with Crippen LogP contribution in [-0.4, -0.2) is 98.9 Å². The van der Waals surface area contributed by atoms with Gasteiger partial charge < -0.3 is 30.3 Å². The minimum absolute atomic E-state index is 0.134. The van der Waals surface area contributed by atoms with Crippen LogP contribution in [0.5, 0.6) is 11.8 Å². The normalized spacial score (nSPS) is 19.0. The van der Waals surface area contributed by atoms with Crippen LogP contribution in [0.15, 0.2) is 46.0 Å². The van der Waals surface area contributed by atoms with Crippen molar-refractivity contribution in [1.29, 1.82) is 5.41 Å². The monoisotopic (exact) mass is 679 g/mol. The van der Waals surface area contributed by atoms with Crippen molar-refractivity contribution in [1.82, 2.24) is 34.3 Å². The Hall–Kier alpha value is -4.75. The van der Waals surface area contributed by atoms with E-state index in [2.05, 4.69) is 41.1 Å². The van der Waals surface area contributed by atoms with E-state index >= 15 is 0 Å². The number of nitrogens with one attached hydrogen (secondary N) is 2. The molecule has 0 amide bonds. The van der Waals surface area contributed by atoms with Crippen LogP contribution >= 0.6 is 0 Å². The van der Waals surface area contributed by atoms with Gasteiger partial charge in [-0.2, -0.15) is 0 Å². The van der Waals surface area contributed by atoms with Gasteiger partial charge in [-0.1, -0.05) is 12.1 Å². The molecule has 0 radical (unpaired) electrons. The lowest BCUT2D eigenvalue weighted by atomic mass is 10.2. The summed E-state index contributed by atoms with van der Waals surface area (Å²) in [6, 6.07) is 8.11. The number of ether oxygens (including phenoxy) is 2. The van der Waals surface area contributed by atoms with Gasteiger partial charge >= 0.3 is 0 Å². The van der Waals surface area contributed by atoms with Crippen LogP contribution in [0.25, 0.3) is 11.0 Å². The van der Waals surface area contributed by atoms with Crippen molar-refractivity contribution in [3.05, 3.63) is 58.6 Å². The van der Waals surface area contributed by atoms with Gasteiger partial charge in [-0.05, 0) is 122 Å². The number of aliphatic imine (C=N–C) groups is 2. The molecule has 4 aromatic heterocycles. The second kappa shape index (κ2) is 14.6. The largest absolute Gasteiger partial charge is 0.475 e. The number of aryl methyl sites for hydroxylation is 4. The molecule has 0 bridgehead atoms. The summed E-state index contributed by atoms with van der Waals surface area (Å²) in [7, 11) is 0. The molecule has 0 unspecified atom stereocenters. The third-order valence-electron chi connectivity index (χ3n) is 10.1. The predicted molar refractivity (Wildman–Crippen MR) is 198 cm³/mol. The Balaban J connectivity index is 1.19. The van der Waals surface area contributed by atoms with Crippen molar-refractivity contribution in [2.45, 2.75) is 66.2 Å². The molecule has 3 aliphatic heterocycles. The van der Waals surface area contributed by atoms with Crippen LogP contribution < -0.4 is 20.5 Å². The maximum atomic E-state index is 8.82. The molecule has 13 heteroatoms. The van der Waals surface area contributed by atoms with Crippen molar-refractivity contribution in [3.8, 4) is 11.8 Å². The fourth-order valence-electron chi connectivity index (χ4n) is 6.88. The van der Waals surface area contributed by atoms with E-state index in [9.17, 15) is 0 Å². The van der Waals surface area contributed by atoms with Gasteiger partial charge in [0.15, 0.2) is 23.0 Å². The number of likely N-dealkylation sites (tertiary alicyclic amines) is 2. The second-order valence-corrected chi connectivity index (χ2v) is 13.7. The molecule has 4 N–H and O–H groups in total. The van der Waals surface area contributed by atoms with Gasteiger partial charge in [-0.3, -0.25) is 5.41 Å². The van der Waals surface area contributed by atoms with Gasteiger partial charge in [0.05, 0.1) is 35.7 Å². The Labute approximate surface area is 293 Å². The van der Waals surface area contributed by atoms with Crippen LogP contribution in [0.1, 0.15) is 61.0 Å². The van der Waals surface area contributed by atoms with Crippen molar-refractivity contribution in [2.24, 2.45) is 15.7 Å². The Kier molecular flexibility index (Phi) is 9.86. The van der Waals surface area contributed by atoms with Crippen LogP contribution in [0, 0.1) is 33.1 Å². The molecule has 3 aliphatic rings. The number of pyridine rings is 2. The summed E-state index contributed by atoms with van der Waals surface area (Å²) in [5.74, 6) is 1.54.